The third-order valence-corrected chi connectivity index (χ3v) is 2.95. The average Bonchev–Trinajstić information content (AvgIpc) is 2.01. The Morgan fingerprint density at radius 2 is 2.08 bits per heavy atom. The first-order chi connectivity index (χ1) is 6.27. The van der Waals surface area contributed by atoms with E-state index in [1.54, 1.807) is 0 Å². The molecule has 1 unspecified atom stereocenters. The average molecular weight is 176 g/mol. The lowest BCUT2D eigenvalue weighted by Gasteiger charge is -2.31. The Kier molecular flexibility index (Phi) is 2.23. The first kappa shape index (κ1) is 8.57. The minimum absolute atomic E-state index is 0.192. The van der Waals surface area contributed by atoms with Gasteiger partial charge in [-0.3, -0.25) is 0 Å². The zero-order chi connectivity index (χ0) is 9.26. The van der Waals surface area contributed by atoms with Crippen LogP contribution < -0.4 is 11.5 Å². The molecular formula is C11H16N2. The zero-order valence-electron chi connectivity index (χ0n) is 7.74. The molecule has 0 aromatic heterocycles. The lowest BCUT2D eigenvalue weighted by molar-refractivity contribution is 0.264. The lowest BCUT2D eigenvalue weighted by Crippen LogP contribution is -2.26. The van der Waals surface area contributed by atoms with Gasteiger partial charge in [-0.1, -0.05) is 18.6 Å². The number of rotatable bonds is 2. The van der Waals surface area contributed by atoms with Crippen molar-refractivity contribution in [1.82, 2.24) is 0 Å². The second-order valence-electron chi connectivity index (χ2n) is 3.89. The van der Waals surface area contributed by atoms with Gasteiger partial charge in [-0.25, -0.2) is 0 Å². The van der Waals surface area contributed by atoms with Gasteiger partial charge in [0, 0.05) is 11.7 Å². The second kappa shape index (κ2) is 3.38. The highest BCUT2D eigenvalue weighted by molar-refractivity contribution is 5.41. The highest BCUT2D eigenvalue weighted by Gasteiger charge is 2.25. The van der Waals surface area contributed by atoms with Crippen molar-refractivity contribution >= 4 is 5.69 Å². The summed E-state index contributed by atoms with van der Waals surface area (Å²) in [6, 6.07) is 8.12. The normalized spacial score (nSPS) is 19.5. The molecule has 0 amide bonds. The number of benzene rings is 1. The summed E-state index contributed by atoms with van der Waals surface area (Å²) in [5.74, 6) is 0.682. The van der Waals surface area contributed by atoms with Crippen molar-refractivity contribution in [3.05, 3.63) is 29.8 Å². The molecule has 1 aliphatic carbocycles. The highest BCUT2D eigenvalue weighted by Crippen LogP contribution is 2.36. The topological polar surface area (TPSA) is 52.0 Å². The molecule has 1 saturated carbocycles. The minimum Gasteiger partial charge on any atom is -0.399 e. The molecule has 1 aromatic rings. The fourth-order valence-electron chi connectivity index (χ4n) is 1.84. The Morgan fingerprint density at radius 1 is 1.31 bits per heavy atom. The Balaban J connectivity index is 2.14. The van der Waals surface area contributed by atoms with Crippen LogP contribution in [0.4, 0.5) is 5.69 Å². The number of nitrogens with two attached hydrogens (primary N) is 2. The van der Waals surface area contributed by atoms with Crippen molar-refractivity contribution in [2.45, 2.75) is 25.3 Å². The maximum Gasteiger partial charge on any atom is 0.0324 e. The third-order valence-electron chi connectivity index (χ3n) is 2.95. The number of nitrogen functional groups attached to an aromatic ring is 1. The van der Waals surface area contributed by atoms with Crippen LogP contribution in [0.25, 0.3) is 0 Å². The molecule has 2 rings (SSSR count). The molecule has 2 heteroatoms. The summed E-state index contributed by atoms with van der Waals surface area (Å²) in [6.45, 7) is 0. The van der Waals surface area contributed by atoms with E-state index in [0.717, 1.165) is 5.69 Å². The van der Waals surface area contributed by atoms with Gasteiger partial charge in [-0.05, 0) is 36.5 Å². The summed E-state index contributed by atoms with van der Waals surface area (Å²) in [4.78, 5) is 0. The van der Waals surface area contributed by atoms with E-state index in [-0.39, 0.29) is 6.04 Å². The predicted molar refractivity (Wildman–Crippen MR) is 55.1 cm³/mol. The molecule has 0 saturated heterocycles. The molecule has 1 fully saturated rings. The number of hydrogen-bond acceptors (Lipinski definition) is 2. The summed E-state index contributed by atoms with van der Waals surface area (Å²) in [5, 5.41) is 0. The van der Waals surface area contributed by atoms with Crippen LogP contribution >= 0.6 is 0 Å². The summed E-state index contributed by atoms with van der Waals surface area (Å²) in [5.41, 5.74) is 13.8. The molecule has 1 aromatic carbocycles. The van der Waals surface area contributed by atoms with E-state index in [0.29, 0.717) is 5.92 Å². The molecule has 1 aliphatic rings. The monoisotopic (exact) mass is 176 g/mol. The van der Waals surface area contributed by atoms with E-state index in [2.05, 4.69) is 6.07 Å². The second-order valence-corrected chi connectivity index (χ2v) is 3.89. The molecular weight excluding hydrogens is 160 g/mol. The van der Waals surface area contributed by atoms with E-state index in [1.807, 2.05) is 18.2 Å². The number of anilines is 1. The van der Waals surface area contributed by atoms with Crippen molar-refractivity contribution < 1.29 is 0 Å². The van der Waals surface area contributed by atoms with Gasteiger partial charge in [0.25, 0.3) is 0 Å². The van der Waals surface area contributed by atoms with E-state index in [1.165, 1.54) is 24.8 Å². The largest absolute Gasteiger partial charge is 0.399 e. The van der Waals surface area contributed by atoms with E-state index >= 15 is 0 Å². The molecule has 0 bridgehead atoms. The third kappa shape index (κ3) is 1.68. The molecule has 70 valence electrons. The Bertz CT molecular complexity index is 292. The summed E-state index contributed by atoms with van der Waals surface area (Å²) in [6.07, 6.45) is 3.88. The first-order valence-corrected chi connectivity index (χ1v) is 4.88. The molecule has 13 heavy (non-hydrogen) atoms. The zero-order valence-corrected chi connectivity index (χ0v) is 7.74. The smallest absolute Gasteiger partial charge is 0.0324 e. The van der Waals surface area contributed by atoms with Crippen LogP contribution in [0.5, 0.6) is 0 Å². The molecule has 0 radical (unpaired) electrons. The lowest BCUT2D eigenvalue weighted by atomic mass is 9.77. The van der Waals surface area contributed by atoms with Gasteiger partial charge in [0.1, 0.15) is 0 Å². The molecule has 1 atom stereocenters. The standard InChI is InChI=1S/C11H16N2/c12-10-6-2-5-9(7-10)11(13)8-3-1-4-8/h2,5-8,11H,1,3-4,12-13H2. The van der Waals surface area contributed by atoms with Gasteiger partial charge in [-0.15, -0.1) is 0 Å². The maximum atomic E-state index is 6.11. The summed E-state index contributed by atoms with van der Waals surface area (Å²) >= 11 is 0. The maximum absolute atomic E-state index is 6.11. The summed E-state index contributed by atoms with van der Waals surface area (Å²) in [7, 11) is 0. The van der Waals surface area contributed by atoms with Gasteiger partial charge in [0.05, 0.1) is 0 Å². The molecule has 0 heterocycles. The van der Waals surface area contributed by atoms with Gasteiger partial charge in [0.15, 0.2) is 0 Å². The molecule has 2 nitrogen and oxygen atoms in total. The van der Waals surface area contributed by atoms with Crippen molar-refractivity contribution in [2.24, 2.45) is 11.7 Å². The fourth-order valence-corrected chi connectivity index (χ4v) is 1.84. The van der Waals surface area contributed by atoms with Crippen LogP contribution in [-0.2, 0) is 0 Å². The van der Waals surface area contributed by atoms with Crippen molar-refractivity contribution in [3.63, 3.8) is 0 Å². The van der Waals surface area contributed by atoms with Crippen LogP contribution in [0.3, 0.4) is 0 Å². The van der Waals surface area contributed by atoms with E-state index < -0.39 is 0 Å². The SMILES string of the molecule is Nc1cccc(C(N)C2CCC2)c1. The minimum atomic E-state index is 0.192. The Morgan fingerprint density at radius 3 is 2.62 bits per heavy atom. The molecule has 0 spiro atoms. The van der Waals surface area contributed by atoms with E-state index in [4.69, 9.17) is 11.5 Å². The quantitative estimate of drug-likeness (QED) is 0.678. The molecule has 0 aliphatic heterocycles. The van der Waals surface area contributed by atoms with Crippen LogP contribution in [-0.4, -0.2) is 0 Å². The Hall–Kier alpha value is -1.02. The van der Waals surface area contributed by atoms with Crippen molar-refractivity contribution in [3.8, 4) is 0 Å². The van der Waals surface area contributed by atoms with Crippen LogP contribution in [0.15, 0.2) is 24.3 Å². The van der Waals surface area contributed by atoms with Crippen molar-refractivity contribution in [2.75, 3.05) is 5.73 Å². The first-order valence-electron chi connectivity index (χ1n) is 4.88. The van der Waals surface area contributed by atoms with Gasteiger partial charge >= 0.3 is 0 Å². The van der Waals surface area contributed by atoms with Crippen LogP contribution in [0, 0.1) is 5.92 Å². The van der Waals surface area contributed by atoms with Crippen molar-refractivity contribution in [1.29, 1.82) is 0 Å². The fraction of sp³-hybridized carbons (Fsp3) is 0.455. The predicted octanol–water partition coefficient (Wildman–Crippen LogP) is 2.07. The highest BCUT2D eigenvalue weighted by atomic mass is 14.7. The number of hydrogen-bond donors (Lipinski definition) is 2. The Labute approximate surface area is 78.9 Å². The molecule has 4 N–H and O–H groups in total. The van der Waals surface area contributed by atoms with Crippen LogP contribution in [0.2, 0.25) is 0 Å². The summed E-state index contributed by atoms with van der Waals surface area (Å²) < 4.78 is 0. The van der Waals surface area contributed by atoms with E-state index in [9.17, 15) is 0 Å². The van der Waals surface area contributed by atoms with Crippen LogP contribution in [0.1, 0.15) is 30.9 Å². The van der Waals surface area contributed by atoms with Gasteiger partial charge < -0.3 is 11.5 Å². The van der Waals surface area contributed by atoms with Gasteiger partial charge in [0.2, 0.25) is 0 Å². The van der Waals surface area contributed by atoms with Gasteiger partial charge in [-0.2, -0.15) is 0 Å².